The summed E-state index contributed by atoms with van der Waals surface area (Å²) in [7, 11) is 0. The third-order valence-electron chi connectivity index (χ3n) is 1.96. The maximum atomic E-state index is 7.34. The maximum absolute atomic E-state index is 7.34. The van der Waals surface area contributed by atoms with Crippen LogP contribution >= 0.6 is 12.4 Å². The molecule has 0 bridgehead atoms. The average Bonchev–Trinajstić information content (AvgIpc) is 2.37. The number of nitrogens with two attached hydrogens (primary N) is 1. The molecule has 0 unspecified atom stereocenters. The normalized spacial score (nSPS) is 16.0. The van der Waals surface area contributed by atoms with Crippen LogP contribution in [-0.2, 0) is 0 Å². The van der Waals surface area contributed by atoms with Gasteiger partial charge < -0.3 is 11.1 Å². The van der Waals surface area contributed by atoms with E-state index >= 15 is 0 Å². The van der Waals surface area contributed by atoms with E-state index in [0.717, 1.165) is 12.8 Å². The van der Waals surface area contributed by atoms with E-state index in [9.17, 15) is 0 Å². The quantitative estimate of drug-likeness (QED) is 0.316. The summed E-state index contributed by atoms with van der Waals surface area (Å²) in [6.07, 6.45) is 4.68. The van der Waals surface area contributed by atoms with Crippen molar-refractivity contribution in [3.8, 4) is 0 Å². The Labute approximate surface area is 83.9 Å². The largest absolute Gasteiger partial charge is 0.370 e. The highest BCUT2D eigenvalue weighted by molar-refractivity contribution is 5.94. The van der Waals surface area contributed by atoms with Crippen LogP contribution in [0.2, 0.25) is 0 Å². The molecule has 0 radical (unpaired) electrons. The molecule has 0 aliphatic heterocycles. The number of nitrogens with one attached hydrogen (secondary N) is 4. The summed E-state index contributed by atoms with van der Waals surface area (Å²) in [5.41, 5.74) is 5.06. The van der Waals surface area contributed by atoms with Gasteiger partial charge >= 0.3 is 0 Å². The van der Waals surface area contributed by atoms with E-state index in [1.165, 1.54) is 12.8 Å². The lowest BCUT2D eigenvalue weighted by Gasteiger charge is -2.14. The highest BCUT2D eigenvalue weighted by Crippen LogP contribution is 2.17. The predicted molar refractivity (Wildman–Crippen MR) is 55.4 cm³/mol. The van der Waals surface area contributed by atoms with Gasteiger partial charge in [0.1, 0.15) is 0 Å². The van der Waals surface area contributed by atoms with Gasteiger partial charge in [-0.3, -0.25) is 16.1 Å². The Bertz CT molecular complexity index is 187. The van der Waals surface area contributed by atoms with Crippen molar-refractivity contribution in [3.63, 3.8) is 0 Å². The minimum Gasteiger partial charge on any atom is -0.370 e. The first-order chi connectivity index (χ1) is 5.68. The summed E-state index contributed by atoms with van der Waals surface area (Å²) in [4.78, 5) is 0. The van der Waals surface area contributed by atoms with Crippen molar-refractivity contribution in [2.24, 2.45) is 5.73 Å². The van der Waals surface area contributed by atoms with Crippen LogP contribution in [0.3, 0.4) is 0 Å². The summed E-state index contributed by atoms with van der Waals surface area (Å²) in [6.45, 7) is 0. The molecule has 0 aromatic heterocycles. The highest BCUT2D eigenvalue weighted by atomic mass is 35.5. The molecule has 0 amide bonds. The van der Waals surface area contributed by atoms with Crippen LogP contribution in [0.1, 0.15) is 25.7 Å². The minimum absolute atomic E-state index is 0. The number of rotatable bonds is 1. The van der Waals surface area contributed by atoms with E-state index in [2.05, 4.69) is 10.6 Å². The monoisotopic (exact) mass is 205 g/mol. The standard InChI is InChI=1S/C7H15N5.ClH/c8-6(9)12-7(10)11-5-3-1-2-4-5;/h5H,1-4H2,(H6,8,9,10,11,12);1H. The molecule has 1 aliphatic carbocycles. The molecule has 1 rings (SSSR count). The second kappa shape index (κ2) is 5.64. The lowest BCUT2D eigenvalue weighted by Crippen LogP contribution is -2.46. The Hall–Kier alpha value is -0.970. The molecule has 1 fully saturated rings. The zero-order chi connectivity index (χ0) is 8.97. The highest BCUT2D eigenvalue weighted by Gasteiger charge is 2.15. The van der Waals surface area contributed by atoms with Gasteiger partial charge in [-0.1, -0.05) is 12.8 Å². The van der Waals surface area contributed by atoms with Gasteiger partial charge in [0, 0.05) is 6.04 Å². The van der Waals surface area contributed by atoms with Crippen LogP contribution in [0.15, 0.2) is 0 Å². The predicted octanol–water partition coefficient (Wildman–Crippen LogP) is 0.358. The number of guanidine groups is 2. The second-order valence-electron chi connectivity index (χ2n) is 3.04. The summed E-state index contributed by atoms with van der Waals surface area (Å²) in [5.74, 6) is -0.0557. The Morgan fingerprint density at radius 2 is 1.77 bits per heavy atom. The van der Waals surface area contributed by atoms with Crippen molar-refractivity contribution < 1.29 is 0 Å². The van der Waals surface area contributed by atoms with Gasteiger partial charge in [-0.2, -0.15) is 0 Å². The van der Waals surface area contributed by atoms with Crippen molar-refractivity contribution in [2.45, 2.75) is 31.7 Å². The van der Waals surface area contributed by atoms with Crippen LogP contribution in [0.5, 0.6) is 0 Å². The first kappa shape index (κ1) is 12.0. The van der Waals surface area contributed by atoms with Crippen molar-refractivity contribution in [1.82, 2.24) is 10.6 Å². The smallest absolute Gasteiger partial charge is 0.195 e. The Kier molecular flexibility index (Phi) is 5.22. The van der Waals surface area contributed by atoms with Gasteiger partial charge in [0.05, 0.1) is 0 Å². The van der Waals surface area contributed by atoms with Crippen LogP contribution in [0, 0.1) is 10.8 Å². The van der Waals surface area contributed by atoms with Crippen molar-refractivity contribution in [1.29, 1.82) is 10.8 Å². The molecule has 0 atom stereocenters. The fourth-order valence-electron chi connectivity index (χ4n) is 1.45. The molecule has 0 aromatic rings. The minimum atomic E-state index is -0.189. The molecule has 0 saturated heterocycles. The molecule has 76 valence electrons. The molecule has 5 nitrogen and oxygen atoms in total. The summed E-state index contributed by atoms with van der Waals surface area (Å²) >= 11 is 0. The average molecular weight is 206 g/mol. The van der Waals surface area contributed by atoms with Gasteiger partial charge in [0.25, 0.3) is 0 Å². The number of hydrogen-bond acceptors (Lipinski definition) is 2. The van der Waals surface area contributed by atoms with Crippen LogP contribution in [0.25, 0.3) is 0 Å². The van der Waals surface area contributed by atoms with E-state index in [1.54, 1.807) is 0 Å². The fourth-order valence-corrected chi connectivity index (χ4v) is 1.45. The summed E-state index contributed by atoms with van der Waals surface area (Å²) < 4.78 is 0. The van der Waals surface area contributed by atoms with Crippen molar-refractivity contribution in [2.75, 3.05) is 0 Å². The van der Waals surface area contributed by atoms with Crippen LogP contribution in [-0.4, -0.2) is 18.0 Å². The first-order valence-corrected chi connectivity index (χ1v) is 4.14. The summed E-state index contributed by atoms with van der Waals surface area (Å²) in [6, 6.07) is 0.393. The number of hydrogen-bond donors (Lipinski definition) is 5. The Morgan fingerprint density at radius 1 is 1.23 bits per heavy atom. The van der Waals surface area contributed by atoms with E-state index in [0.29, 0.717) is 6.04 Å². The number of halogens is 1. The van der Waals surface area contributed by atoms with Gasteiger partial charge in [0.2, 0.25) is 0 Å². The topological polar surface area (TPSA) is 97.8 Å². The summed E-state index contributed by atoms with van der Waals surface area (Å²) in [5, 5.41) is 19.6. The molecule has 0 spiro atoms. The van der Waals surface area contributed by atoms with Crippen molar-refractivity contribution in [3.05, 3.63) is 0 Å². The molecule has 1 saturated carbocycles. The van der Waals surface area contributed by atoms with Crippen LogP contribution in [0.4, 0.5) is 0 Å². The molecular weight excluding hydrogens is 190 g/mol. The van der Waals surface area contributed by atoms with E-state index in [-0.39, 0.29) is 24.3 Å². The second-order valence-corrected chi connectivity index (χ2v) is 3.04. The third-order valence-corrected chi connectivity index (χ3v) is 1.96. The SMILES string of the molecule is Cl.N=C(N)NC(=N)NC1CCCC1. The van der Waals surface area contributed by atoms with Crippen molar-refractivity contribution >= 4 is 24.3 Å². The van der Waals surface area contributed by atoms with E-state index in [4.69, 9.17) is 16.6 Å². The molecule has 6 N–H and O–H groups in total. The molecule has 1 aliphatic rings. The lowest BCUT2D eigenvalue weighted by atomic mass is 10.2. The molecular formula is C7H16ClN5. The fraction of sp³-hybridized carbons (Fsp3) is 0.714. The van der Waals surface area contributed by atoms with Gasteiger partial charge in [-0.15, -0.1) is 12.4 Å². The molecule has 6 heteroatoms. The zero-order valence-corrected chi connectivity index (χ0v) is 8.21. The van der Waals surface area contributed by atoms with Gasteiger partial charge in [-0.05, 0) is 12.8 Å². The zero-order valence-electron chi connectivity index (χ0n) is 7.39. The lowest BCUT2D eigenvalue weighted by molar-refractivity contribution is 0.621. The molecule has 0 heterocycles. The third kappa shape index (κ3) is 4.57. The van der Waals surface area contributed by atoms with E-state index < -0.39 is 0 Å². The van der Waals surface area contributed by atoms with Crippen LogP contribution < -0.4 is 16.4 Å². The maximum Gasteiger partial charge on any atom is 0.195 e. The molecule has 13 heavy (non-hydrogen) atoms. The Morgan fingerprint density at radius 3 is 2.23 bits per heavy atom. The van der Waals surface area contributed by atoms with Gasteiger partial charge in [0.15, 0.2) is 11.9 Å². The Balaban J connectivity index is 0.00000144. The molecule has 0 aromatic carbocycles. The van der Waals surface area contributed by atoms with E-state index in [1.807, 2.05) is 0 Å². The van der Waals surface area contributed by atoms with Gasteiger partial charge in [-0.25, -0.2) is 0 Å². The first-order valence-electron chi connectivity index (χ1n) is 4.14.